The van der Waals surface area contributed by atoms with E-state index in [1.165, 1.54) is 5.56 Å². The summed E-state index contributed by atoms with van der Waals surface area (Å²) in [5, 5.41) is 0.836. The second-order valence-electron chi connectivity index (χ2n) is 2.10. The first-order valence-corrected chi connectivity index (χ1v) is 5.29. The lowest BCUT2D eigenvalue weighted by molar-refractivity contribution is 0.110. The molecule has 0 saturated heterocycles. The van der Waals surface area contributed by atoms with E-state index in [1.54, 1.807) is 22.6 Å². The van der Waals surface area contributed by atoms with Crippen molar-refractivity contribution >= 4 is 42.3 Å². The topological polar surface area (TPSA) is 17.1 Å². The van der Waals surface area contributed by atoms with Crippen LogP contribution in [0.3, 0.4) is 0 Å². The first-order chi connectivity index (χ1) is 5.24. The minimum Gasteiger partial charge on any atom is -0.282 e. The van der Waals surface area contributed by atoms with E-state index in [0.29, 0.717) is 0 Å². The lowest BCUT2D eigenvalue weighted by Crippen LogP contribution is -1.87. The Kier molecular flexibility index (Phi) is 3.51. The molecule has 0 aliphatic carbocycles. The van der Waals surface area contributed by atoms with Crippen molar-refractivity contribution in [3.63, 3.8) is 0 Å². The average Bonchev–Trinajstić information content (AvgIpc) is 2.05. The highest BCUT2D eigenvalue weighted by Crippen LogP contribution is 2.10. The van der Waals surface area contributed by atoms with Crippen LogP contribution in [0.2, 0.25) is 0 Å². The zero-order valence-corrected chi connectivity index (χ0v) is 9.42. The minimum atomic E-state index is 0.0868. The van der Waals surface area contributed by atoms with Gasteiger partial charge in [-0.1, -0.05) is 40.2 Å². The fourth-order valence-electron chi connectivity index (χ4n) is 0.725. The molecule has 1 aromatic carbocycles. The number of benzene rings is 1. The molecule has 1 nitrogen and oxygen atoms in total. The SMILES string of the molecule is O=C(I)c1ccc(CBr)cc1. The molecular weight excluding hydrogens is 319 g/mol. The third-order valence-electron chi connectivity index (χ3n) is 1.34. The third kappa shape index (κ3) is 2.56. The Labute approximate surface area is 87.5 Å². The maximum Gasteiger partial charge on any atom is 0.222 e. The van der Waals surface area contributed by atoms with Crippen molar-refractivity contribution in [2.45, 2.75) is 5.33 Å². The normalized spacial score (nSPS) is 9.64. The van der Waals surface area contributed by atoms with E-state index in [1.807, 2.05) is 24.3 Å². The van der Waals surface area contributed by atoms with Crippen molar-refractivity contribution in [1.29, 1.82) is 0 Å². The van der Waals surface area contributed by atoms with Gasteiger partial charge in [0.25, 0.3) is 0 Å². The molecule has 1 aromatic rings. The fourth-order valence-corrected chi connectivity index (χ4v) is 1.46. The van der Waals surface area contributed by atoms with Gasteiger partial charge in [0.05, 0.1) is 0 Å². The Bertz CT molecular complexity index is 255. The lowest BCUT2D eigenvalue weighted by Gasteiger charge is -1.95. The first kappa shape index (κ1) is 9.19. The lowest BCUT2D eigenvalue weighted by atomic mass is 10.2. The van der Waals surface area contributed by atoms with Gasteiger partial charge in [-0.3, -0.25) is 4.79 Å². The van der Waals surface area contributed by atoms with Crippen LogP contribution < -0.4 is 0 Å². The highest BCUT2D eigenvalue weighted by atomic mass is 127. The molecule has 11 heavy (non-hydrogen) atoms. The van der Waals surface area contributed by atoms with Crippen LogP contribution in [-0.4, -0.2) is 3.79 Å². The summed E-state index contributed by atoms with van der Waals surface area (Å²) in [5.74, 6) is 0. The van der Waals surface area contributed by atoms with Crippen molar-refractivity contribution in [2.24, 2.45) is 0 Å². The standard InChI is InChI=1S/C8H6BrIO/c9-5-6-1-3-7(4-2-6)8(10)11/h1-4H,5H2. The van der Waals surface area contributed by atoms with Gasteiger partial charge in [0.1, 0.15) is 0 Å². The van der Waals surface area contributed by atoms with Crippen LogP contribution in [0.1, 0.15) is 15.9 Å². The third-order valence-corrected chi connectivity index (χ3v) is 2.61. The van der Waals surface area contributed by atoms with Crippen molar-refractivity contribution in [3.8, 4) is 0 Å². The van der Waals surface area contributed by atoms with Gasteiger partial charge in [-0.05, 0) is 5.56 Å². The molecule has 0 heterocycles. The molecule has 0 spiro atoms. The van der Waals surface area contributed by atoms with E-state index >= 15 is 0 Å². The maximum absolute atomic E-state index is 10.8. The molecule has 1 rings (SSSR count). The van der Waals surface area contributed by atoms with Crippen LogP contribution in [0.5, 0.6) is 0 Å². The van der Waals surface area contributed by atoms with Gasteiger partial charge in [-0.25, -0.2) is 0 Å². The Morgan fingerprint density at radius 3 is 2.27 bits per heavy atom. The average molecular weight is 325 g/mol. The molecule has 0 radical (unpaired) electrons. The zero-order chi connectivity index (χ0) is 8.27. The van der Waals surface area contributed by atoms with E-state index in [9.17, 15) is 4.79 Å². The Balaban J connectivity index is 2.91. The number of hydrogen-bond acceptors (Lipinski definition) is 1. The number of rotatable bonds is 2. The smallest absolute Gasteiger partial charge is 0.222 e. The van der Waals surface area contributed by atoms with Crippen molar-refractivity contribution in [1.82, 2.24) is 0 Å². The van der Waals surface area contributed by atoms with Crippen LogP contribution in [0.4, 0.5) is 0 Å². The molecule has 0 atom stereocenters. The summed E-state index contributed by atoms with van der Waals surface area (Å²) in [6, 6.07) is 7.57. The van der Waals surface area contributed by atoms with Gasteiger partial charge < -0.3 is 0 Å². The van der Waals surface area contributed by atoms with Gasteiger partial charge in [-0.2, -0.15) is 0 Å². The van der Waals surface area contributed by atoms with Gasteiger partial charge in [0, 0.05) is 33.5 Å². The minimum absolute atomic E-state index is 0.0868. The van der Waals surface area contributed by atoms with E-state index < -0.39 is 0 Å². The number of carbonyl (C=O) groups is 1. The molecule has 0 amide bonds. The van der Waals surface area contributed by atoms with Gasteiger partial charge in [0.2, 0.25) is 3.79 Å². The summed E-state index contributed by atoms with van der Waals surface area (Å²) in [6.07, 6.45) is 0. The van der Waals surface area contributed by atoms with Crippen molar-refractivity contribution in [2.75, 3.05) is 0 Å². The summed E-state index contributed by atoms with van der Waals surface area (Å²) in [4.78, 5) is 10.8. The number of halogens is 2. The van der Waals surface area contributed by atoms with Crippen molar-refractivity contribution in [3.05, 3.63) is 35.4 Å². The number of alkyl halides is 1. The molecule has 0 N–H and O–H groups in total. The second kappa shape index (κ2) is 4.21. The molecule has 0 fully saturated rings. The monoisotopic (exact) mass is 324 g/mol. The van der Waals surface area contributed by atoms with Crippen molar-refractivity contribution < 1.29 is 4.79 Å². The molecule has 58 valence electrons. The van der Waals surface area contributed by atoms with Gasteiger partial charge >= 0.3 is 0 Å². The molecule has 0 aromatic heterocycles. The van der Waals surface area contributed by atoms with Gasteiger partial charge in [0.15, 0.2) is 0 Å². The fraction of sp³-hybridized carbons (Fsp3) is 0.125. The molecule has 0 saturated carbocycles. The Morgan fingerprint density at radius 2 is 1.91 bits per heavy atom. The summed E-state index contributed by atoms with van der Waals surface area (Å²) in [7, 11) is 0. The second-order valence-corrected chi connectivity index (χ2v) is 3.64. The van der Waals surface area contributed by atoms with E-state index in [-0.39, 0.29) is 3.79 Å². The zero-order valence-electron chi connectivity index (χ0n) is 5.68. The number of hydrogen-bond donors (Lipinski definition) is 0. The predicted octanol–water partition coefficient (Wildman–Crippen LogP) is 3.16. The van der Waals surface area contributed by atoms with E-state index in [2.05, 4.69) is 15.9 Å². The predicted molar refractivity (Wildman–Crippen MR) is 57.4 cm³/mol. The van der Waals surface area contributed by atoms with Crippen LogP contribution in [0, 0.1) is 0 Å². The number of carbonyl (C=O) groups excluding carboxylic acids is 1. The van der Waals surface area contributed by atoms with E-state index in [4.69, 9.17) is 0 Å². The van der Waals surface area contributed by atoms with Crippen LogP contribution in [-0.2, 0) is 5.33 Å². The summed E-state index contributed by atoms with van der Waals surface area (Å²) in [6.45, 7) is 0. The Morgan fingerprint density at radius 1 is 1.36 bits per heavy atom. The highest BCUT2D eigenvalue weighted by Gasteiger charge is 1.98. The highest BCUT2D eigenvalue weighted by molar-refractivity contribution is 14.1. The molecule has 0 bridgehead atoms. The Hall–Kier alpha value is 0.1000. The summed E-state index contributed by atoms with van der Waals surface area (Å²) in [5.41, 5.74) is 1.95. The quantitative estimate of drug-likeness (QED) is 0.464. The molecule has 3 heteroatoms. The van der Waals surface area contributed by atoms with Crippen LogP contribution in [0.25, 0.3) is 0 Å². The first-order valence-electron chi connectivity index (χ1n) is 3.09. The summed E-state index contributed by atoms with van der Waals surface area (Å²) < 4.78 is 0.0868. The molecule has 0 aliphatic heterocycles. The summed E-state index contributed by atoms with van der Waals surface area (Å²) >= 11 is 5.11. The van der Waals surface area contributed by atoms with Crippen LogP contribution in [0.15, 0.2) is 24.3 Å². The largest absolute Gasteiger partial charge is 0.282 e. The molecule has 0 aliphatic rings. The molecular formula is C8H6BrIO. The van der Waals surface area contributed by atoms with Crippen LogP contribution >= 0.6 is 38.5 Å². The maximum atomic E-state index is 10.8. The molecule has 0 unspecified atom stereocenters. The van der Waals surface area contributed by atoms with E-state index in [0.717, 1.165) is 10.9 Å². The van der Waals surface area contributed by atoms with Gasteiger partial charge in [-0.15, -0.1) is 0 Å².